The van der Waals surface area contributed by atoms with Crippen LogP contribution in [0.1, 0.15) is 32.7 Å². The number of rotatable bonds is 7. The van der Waals surface area contributed by atoms with E-state index in [0.29, 0.717) is 17.1 Å². The van der Waals surface area contributed by atoms with Crippen LogP contribution in [0.5, 0.6) is 0 Å². The molecule has 1 N–H and O–H groups in total. The van der Waals surface area contributed by atoms with Crippen molar-refractivity contribution in [3.8, 4) is 11.4 Å². The Morgan fingerprint density at radius 3 is 2.74 bits per heavy atom. The highest BCUT2D eigenvalue weighted by Crippen LogP contribution is 2.42. The number of fused-ring (bicyclic) bond motifs is 1. The maximum absolute atomic E-state index is 5.43. The second-order valence-electron chi connectivity index (χ2n) is 10.6. The van der Waals surface area contributed by atoms with E-state index in [9.17, 15) is 0 Å². The van der Waals surface area contributed by atoms with Crippen molar-refractivity contribution >= 4 is 28.4 Å². The van der Waals surface area contributed by atoms with E-state index >= 15 is 0 Å². The minimum Gasteiger partial charge on any atom is -0.380 e. The van der Waals surface area contributed by atoms with E-state index in [-0.39, 0.29) is 6.04 Å². The van der Waals surface area contributed by atoms with Crippen LogP contribution in [-0.4, -0.2) is 60.8 Å². The van der Waals surface area contributed by atoms with E-state index < -0.39 is 0 Å². The maximum Gasteiger partial charge on any atom is 0.164 e. The SMILES string of the molecule is CC(C)n1nc(N2CC3(COC3)C2)c2cnc(Nc3ccnc(-c4cnn(CC5CC5)c4)n3)cc21. The van der Waals surface area contributed by atoms with Gasteiger partial charge in [-0.2, -0.15) is 10.2 Å². The molecule has 10 heteroatoms. The standard InChI is InChI=1S/C25H29N9O/c1-16(2)34-20-7-22(27-9-19(20)24(31-34)32-12-25(13-32)14-35-15-25)29-21-5-6-26-23(30-21)18-8-28-33(11-18)10-17-3-4-17/h5-9,11,16-17H,3-4,10,12-15H2,1-2H3,(H,26,27,29,30). The zero-order valence-corrected chi connectivity index (χ0v) is 20.1. The molecule has 1 spiro atoms. The van der Waals surface area contributed by atoms with Crippen molar-refractivity contribution in [3.63, 3.8) is 0 Å². The lowest BCUT2D eigenvalue weighted by atomic mass is 9.78. The lowest BCUT2D eigenvalue weighted by Gasteiger charge is -2.55. The van der Waals surface area contributed by atoms with Gasteiger partial charge < -0.3 is 15.0 Å². The zero-order chi connectivity index (χ0) is 23.6. The predicted molar refractivity (Wildman–Crippen MR) is 133 cm³/mol. The Bertz CT molecular complexity index is 1390. The number of ether oxygens (including phenoxy) is 1. The Balaban J connectivity index is 1.14. The number of nitrogens with zero attached hydrogens (tertiary/aromatic N) is 8. The van der Waals surface area contributed by atoms with Gasteiger partial charge in [-0.05, 0) is 38.7 Å². The fraction of sp³-hybridized carbons (Fsp3) is 0.480. The monoisotopic (exact) mass is 471 g/mol. The highest BCUT2D eigenvalue weighted by atomic mass is 16.5. The van der Waals surface area contributed by atoms with Gasteiger partial charge in [0.2, 0.25) is 0 Å². The summed E-state index contributed by atoms with van der Waals surface area (Å²) in [4.78, 5) is 16.2. The quantitative estimate of drug-likeness (QED) is 0.436. The van der Waals surface area contributed by atoms with Crippen LogP contribution in [0.15, 0.2) is 36.9 Å². The average molecular weight is 472 g/mol. The summed E-state index contributed by atoms with van der Waals surface area (Å²) >= 11 is 0. The maximum atomic E-state index is 5.43. The molecule has 2 aliphatic heterocycles. The lowest BCUT2D eigenvalue weighted by Crippen LogP contribution is -2.66. The molecular weight excluding hydrogens is 442 g/mol. The molecule has 0 atom stereocenters. The van der Waals surface area contributed by atoms with Crippen molar-refractivity contribution in [2.24, 2.45) is 11.3 Å². The van der Waals surface area contributed by atoms with Crippen LogP contribution < -0.4 is 10.2 Å². The van der Waals surface area contributed by atoms with E-state index in [1.807, 2.05) is 29.3 Å². The number of hydrogen-bond acceptors (Lipinski definition) is 8. The number of pyridine rings is 1. The minimum atomic E-state index is 0.238. The smallest absolute Gasteiger partial charge is 0.164 e. The molecular formula is C25H29N9O. The highest BCUT2D eigenvalue weighted by molar-refractivity contribution is 5.92. The van der Waals surface area contributed by atoms with Crippen molar-refractivity contribution in [1.82, 2.24) is 34.5 Å². The van der Waals surface area contributed by atoms with Gasteiger partial charge in [0.15, 0.2) is 11.6 Å². The first-order valence-corrected chi connectivity index (χ1v) is 12.4. The van der Waals surface area contributed by atoms with E-state index in [1.165, 1.54) is 12.8 Å². The van der Waals surface area contributed by atoms with E-state index in [4.69, 9.17) is 19.8 Å². The molecule has 10 nitrogen and oxygen atoms in total. The molecule has 3 fully saturated rings. The molecule has 0 amide bonds. The Labute approximate surface area is 203 Å². The highest BCUT2D eigenvalue weighted by Gasteiger charge is 2.50. The molecule has 7 rings (SSSR count). The molecule has 0 radical (unpaired) electrons. The Hall–Kier alpha value is -3.53. The third-order valence-electron chi connectivity index (χ3n) is 7.18. The van der Waals surface area contributed by atoms with Crippen LogP contribution in [-0.2, 0) is 11.3 Å². The summed E-state index contributed by atoms with van der Waals surface area (Å²) in [7, 11) is 0. The third-order valence-corrected chi connectivity index (χ3v) is 7.18. The van der Waals surface area contributed by atoms with Gasteiger partial charge in [-0.1, -0.05) is 0 Å². The number of aromatic nitrogens is 7. The van der Waals surface area contributed by atoms with Crippen LogP contribution in [0.25, 0.3) is 22.3 Å². The summed E-state index contributed by atoms with van der Waals surface area (Å²) in [5.74, 6) is 3.86. The van der Waals surface area contributed by atoms with Gasteiger partial charge in [0.1, 0.15) is 11.6 Å². The Morgan fingerprint density at radius 2 is 2.00 bits per heavy atom. The van der Waals surface area contributed by atoms with Crippen LogP contribution in [0.2, 0.25) is 0 Å². The van der Waals surface area contributed by atoms with Crippen molar-refractivity contribution in [2.75, 3.05) is 36.5 Å². The Morgan fingerprint density at radius 1 is 1.14 bits per heavy atom. The van der Waals surface area contributed by atoms with Crippen molar-refractivity contribution in [3.05, 3.63) is 36.9 Å². The molecule has 4 aromatic heterocycles. The first-order chi connectivity index (χ1) is 17.1. The van der Waals surface area contributed by atoms with Gasteiger partial charge in [-0.25, -0.2) is 15.0 Å². The summed E-state index contributed by atoms with van der Waals surface area (Å²) in [6.07, 6.45) is 10.2. The zero-order valence-electron chi connectivity index (χ0n) is 20.1. The second-order valence-corrected chi connectivity index (χ2v) is 10.6. The second kappa shape index (κ2) is 7.74. The summed E-state index contributed by atoms with van der Waals surface area (Å²) in [5.41, 5.74) is 2.32. The van der Waals surface area contributed by atoms with Crippen molar-refractivity contribution < 1.29 is 4.74 Å². The largest absolute Gasteiger partial charge is 0.380 e. The minimum absolute atomic E-state index is 0.238. The summed E-state index contributed by atoms with van der Waals surface area (Å²) in [6.45, 7) is 9.00. The van der Waals surface area contributed by atoms with Gasteiger partial charge in [-0.3, -0.25) is 9.36 Å². The molecule has 0 unspecified atom stereocenters. The first-order valence-electron chi connectivity index (χ1n) is 12.4. The van der Waals surface area contributed by atoms with Gasteiger partial charge in [-0.15, -0.1) is 0 Å². The van der Waals surface area contributed by atoms with Crippen molar-refractivity contribution in [1.29, 1.82) is 0 Å². The third kappa shape index (κ3) is 3.72. The van der Waals surface area contributed by atoms with Crippen LogP contribution in [0.3, 0.4) is 0 Å². The average Bonchev–Trinajstić information content (AvgIpc) is 3.34. The molecule has 2 saturated heterocycles. The predicted octanol–water partition coefficient (Wildman–Crippen LogP) is 3.66. The summed E-state index contributed by atoms with van der Waals surface area (Å²) in [6, 6.07) is 4.15. The fourth-order valence-corrected chi connectivity index (χ4v) is 5.04. The van der Waals surface area contributed by atoms with Crippen molar-refractivity contribution in [2.45, 2.75) is 39.3 Å². The number of anilines is 3. The molecule has 0 bridgehead atoms. The molecule has 35 heavy (non-hydrogen) atoms. The van der Waals surface area contributed by atoms with E-state index in [2.05, 4.69) is 44.9 Å². The molecule has 1 saturated carbocycles. The van der Waals surface area contributed by atoms with Gasteiger partial charge in [0, 0.05) is 50.3 Å². The van der Waals surface area contributed by atoms with Crippen LogP contribution >= 0.6 is 0 Å². The molecule has 180 valence electrons. The summed E-state index contributed by atoms with van der Waals surface area (Å²) in [5, 5.41) is 13.9. The van der Waals surface area contributed by atoms with Crippen LogP contribution in [0, 0.1) is 11.3 Å². The van der Waals surface area contributed by atoms with E-state index in [0.717, 1.165) is 66.9 Å². The van der Waals surface area contributed by atoms with Gasteiger partial charge >= 0.3 is 0 Å². The number of hydrogen-bond donors (Lipinski definition) is 1. The molecule has 1 aliphatic carbocycles. The number of nitrogens with one attached hydrogen (secondary N) is 1. The normalized spacial score (nSPS) is 18.8. The fourth-order valence-electron chi connectivity index (χ4n) is 5.04. The summed E-state index contributed by atoms with van der Waals surface area (Å²) < 4.78 is 9.51. The van der Waals surface area contributed by atoms with E-state index in [1.54, 1.807) is 6.20 Å². The molecule has 4 aromatic rings. The molecule has 6 heterocycles. The molecule has 0 aromatic carbocycles. The topological polar surface area (TPSA) is 98.8 Å². The lowest BCUT2D eigenvalue weighted by molar-refractivity contribution is -0.127. The van der Waals surface area contributed by atoms with Gasteiger partial charge in [0.25, 0.3) is 0 Å². The van der Waals surface area contributed by atoms with Gasteiger partial charge in [0.05, 0.1) is 41.3 Å². The first kappa shape index (κ1) is 20.8. The Kier molecular flexibility index (Phi) is 4.60. The molecule has 3 aliphatic rings. The van der Waals surface area contributed by atoms with Crippen LogP contribution in [0.4, 0.5) is 17.5 Å².